The lowest BCUT2D eigenvalue weighted by atomic mass is 9.98. The van der Waals surface area contributed by atoms with E-state index in [4.69, 9.17) is 28.4 Å². The highest BCUT2D eigenvalue weighted by Gasteiger charge is 2.47. The van der Waals surface area contributed by atoms with Crippen molar-refractivity contribution in [2.75, 3.05) is 33.0 Å². The van der Waals surface area contributed by atoms with Gasteiger partial charge in [0.05, 0.1) is 26.4 Å². The van der Waals surface area contributed by atoms with Crippen LogP contribution in [0.25, 0.3) is 0 Å². The number of hydrogen-bond donors (Lipinski definition) is 7. The Balaban J connectivity index is 1.69. The summed E-state index contributed by atoms with van der Waals surface area (Å²) in [5.41, 5.74) is 0. The summed E-state index contributed by atoms with van der Waals surface area (Å²) in [5.74, 6) is -0.385. The Labute approximate surface area is 437 Å². The first-order valence-corrected chi connectivity index (χ1v) is 29.4. The first-order valence-electron chi connectivity index (χ1n) is 29.4. The lowest BCUT2D eigenvalue weighted by molar-refractivity contribution is -0.332. The van der Waals surface area contributed by atoms with E-state index in [9.17, 15) is 40.5 Å². The number of hydrogen-bond acceptors (Lipinski definition) is 14. The Morgan fingerprint density at radius 3 is 1.36 bits per heavy atom. The molecule has 424 valence electrons. The van der Waals surface area contributed by atoms with E-state index in [1.165, 1.54) is 148 Å². The van der Waals surface area contributed by atoms with Crippen molar-refractivity contribution in [2.45, 2.75) is 306 Å². The van der Waals surface area contributed by atoms with Crippen molar-refractivity contribution < 1.29 is 69.0 Å². The number of ether oxygens (including phenoxy) is 6. The molecule has 2 aliphatic heterocycles. The Bertz CT molecular complexity index is 1290. The van der Waals surface area contributed by atoms with Gasteiger partial charge in [-0.2, -0.15) is 0 Å². The zero-order valence-electron chi connectivity index (χ0n) is 45.4. The Morgan fingerprint density at radius 2 is 0.861 bits per heavy atom. The van der Waals surface area contributed by atoms with Gasteiger partial charge in [-0.25, -0.2) is 0 Å². The van der Waals surface area contributed by atoms with Crippen LogP contribution in [0.1, 0.15) is 239 Å². The molecule has 0 amide bonds. The molecule has 11 unspecified atom stereocenters. The van der Waals surface area contributed by atoms with E-state index in [1.807, 2.05) is 0 Å². The lowest BCUT2D eigenvalue weighted by Crippen LogP contribution is -2.61. The molecule has 0 bridgehead atoms. The normalized spacial score (nSPS) is 25.2. The molecule has 14 heteroatoms. The van der Waals surface area contributed by atoms with Crippen molar-refractivity contribution in [1.82, 2.24) is 0 Å². The zero-order valence-corrected chi connectivity index (χ0v) is 45.4. The van der Waals surface area contributed by atoms with Crippen LogP contribution in [0.4, 0.5) is 0 Å². The second kappa shape index (κ2) is 45.6. The average Bonchev–Trinajstić information content (AvgIpc) is 3.38. The van der Waals surface area contributed by atoms with Gasteiger partial charge in [-0.1, -0.05) is 212 Å². The number of esters is 1. The zero-order chi connectivity index (χ0) is 52.3. The summed E-state index contributed by atoms with van der Waals surface area (Å²) in [6, 6.07) is 0. The molecule has 2 heterocycles. The maximum Gasteiger partial charge on any atom is 0.306 e. The second-order valence-electron chi connectivity index (χ2n) is 20.8. The number of unbranched alkanes of at least 4 members (excludes halogenated alkanes) is 30. The van der Waals surface area contributed by atoms with Crippen LogP contribution in [-0.4, -0.2) is 142 Å². The van der Waals surface area contributed by atoms with Gasteiger partial charge in [0, 0.05) is 13.0 Å². The molecular weight excluding hydrogens is 921 g/mol. The highest BCUT2D eigenvalue weighted by molar-refractivity contribution is 5.69. The van der Waals surface area contributed by atoms with Gasteiger partial charge in [-0.3, -0.25) is 4.79 Å². The SMILES string of the molecule is CCCCC/C=C\C/C=C\CCCCCCCC(=O)OC(COCCCCCCCCCCCCCCCCCCCCCCCCC)COC1OC(COC2OC(CO)C(O)C(O)C2O)C(O)C(O)C1O. The number of aliphatic hydroxyl groups is 7. The average molecular weight is 1030 g/mol. The fourth-order valence-electron chi connectivity index (χ4n) is 9.44. The second-order valence-corrected chi connectivity index (χ2v) is 20.8. The van der Waals surface area contributed by atoms with Gasteiger partial charge in [0.1, 0.15) is 54.9 Å². The van der Waals surface area contributed by atoms with Crippen molar-refractivity contribution in [3.05, 3.63) is 24.3 Å². The van der Waals surface area contributed by atoms with Crippen LogP contribution >= 0.6 is 0 Å². The molecule has 0 aromatic carbocycles. The molecule has 14 nitrogen and oxygen atoms in total. The summed E-state index contributed by atoms with van der Waals surface area (Å²) in [7, 11) is 0. The predicted octanol–water partition coefficient (Wildman–Crippen LogP) is 10.4. The van der Waals surface area contributed by atoms with Crippen molar-refractivity contribution >= 4 is 5.97 Å². The van der Waals surface area contributed by atoms with E-state index in [0.29, 0.717) is 13.0 Å². The van der Waals surface area contributed by atoms with E-state index in [2.05, 4.69) is 38.2 Å². The van der Waals surface area contributed by atoms with Crippen LogP contribution in [0.2, 0.25) is 0 Å². The number of rotatable bonds is 48. The van der Waals surface area contributed by atoms with Gasteiger partial charge < -0.3 is 64.2 Å². The van der Waals surface area contributed by atoms with E-state index < -0.39 is 80.7 Å². The van der Waals surface area contributed by atoms with Crippen LogP contribution in [0, 0.1) is 0 Å². The molecule has 0 aromatic heterocycles. The topological polar surface area (TPSA) is 214 Å². The predicted molar refractivity (Wildman–Crippen MR) is 284 cm³/mol. The third kappa shape index (κ3) is 32.1. The third-order valence-electron chi connectivity index (χ3n) is 14.2. The van der Waals surface area contributed by atoms with Crippen LogP contribution in [0.3, 0.4) is 0 Å². The maximum atomic E-state index is 13.0. The lowest BCUT2D eigenvalue weighted by Gasteiger charge is -2.42. The minimum Gasteiger partial charge on any atom is -0.457 e. The molecular formula is C58H108O14. The number of allylic oxidation sites excluding steroid dienone is 4. The summed E-state index contributed by atoms with van der Waals surface area (Å²) in [5, 5.41) is 72.3. The molecule has 7 N–H and O–H groups in total. The molecule has 72 heavy (non-hydrogen) atoms. The van der Waals surface area contributed by atoms with Gasteiger partial charge in [-0.05, 0) is 44.9 Å². The van der Waals surface area contributed by atoms with Gasteiger partial charge in [-0.15, -0.1) is 0 Å². The minimum absolute atomic E-state index is 0.0604. The molecule has 0 aliphatic carbocycles. The fraction of sp³-hybridized carbons (Fsp3) is 0.914. The van der Waals surface area contributed by atoms with Crippen molar-refractivity contribution in [3.8, 4) is 0 Å². The quantitative estimate of drug-likeness (QED) is 0.0172. The number of aliphatic hydroxyl groups excluding tert-OH is 7. The van der Waals surface area contributed by atoms with Crippen molar-refractivity contribution in [1.29, 1.82) is 0 Å². The van der Waals surface area contributed by atoms with Crippen LogP contribution in [0.5, 0.6) is 0 Å². The first kappa shape index (κ1) is 66.6. The molecule has 11 atom stereocenters. The number of carbonyl (C=O) groups excluding carboxylic acids is 1. The Hall–Kier alpha value is -1.53. The summed E-state index contributed by atoms with van der Waals surface area (Å²) in [6.07, 6.45) is 35.3. The van der Waals surface area contributed by atoms with Gasteiger partial charge >= 0.3 is 5.97 Å². The van der Waals surface area contributed by atoms with E-state index in [0.717, 1.165) is 64.2 Å². The Kier molecular flexibility index (Phi) is 42.2. The molecule has 0 saturated carbocycles. The number of carbonyl (C=O) groups is 1. The highest BCUT2D eigenvalue weighted by Crippen LogP contribution is 2.27. The van der Waals surface area contributed by atoms with Crippen molar-refractivity contribution in [3.63, 3.8) is 0 Å². The highest BCUT2D eigenvalue weighted by atomic mass is 16.7. The summed E-state index contributed by atoms with van der Waals surface area (Å²) in [6.45, 7) is 3.69. The minimum atomic E-state index is -1.71. The standard InChI is InChI=1S/C58H108O14/c1-3-5-7-9-11-13-15-17-19-20-21-22-23-24-25-26-28-30-32-34-36-38-40-42-67-44-47(70-50(60)41-39-37-35-33-31-29-27-18-16-14-12-10-8-6-4-2)45-68-57-56(66)54(64)52(62)49(72-57)46-69-58-55(65)53(63)51(61)48(43-59)71-58/h12,14,18,27,47-49,51-59,61-66H,3-11,13,15-17,19-26,28-46H2,1-2H3/b14-12-,27-18-. The summed E-state index contributed by atoms with van der Waals surface area (Å²) >= 11 is 0. The van der Waals surface area contributed by atoms with Gasteiger partial charge in [0.25, 0.3) is 0 Å². The molecule has 2 rings (SSSR count). The smallest absolute Gasteiger partial charge is 0.306 e. The van der Waals surface area contributed by atoms with Gasteiger partial charge in [0.15, 0.2) is 12.6 Å². The van der Waals surface area contributed by atoms with Crippen LogP contribution in [-0.2, 0) is 33.2 Å². The summed E-state index contributed by atoms with van der Waals surface area (Å²) in [4.78, 5) is 13.0. The van der Waals surface area contributed by atoms with Crippen LogP contribution in [0.15, 0.2) is 24.3 Å². The fourth-order valence-corrected chi connectivity index (χ4v) is 9.44. The maximum absolute atomic E-state index is 13.0. The molecule has 2 fully saturated rings. The third-order valence-corrected chi connectivity index (χ3v) is 14.2. The Morgan fingerprint density at radius 1 is 0.458 bits per heavy atom. The van der Waals surface area contributed by atoms with Gasteiger partial charge in [0.2, 0.25) is 0 Å². The molecule has 0 spiro atoms. The monoisotopic (exact) mass is 1030 g/mol. The van der Waals surface area contributed by atoms with Crippen molar-refractivity contribution in [2.24, 2.45) is 0 Å². The van der Waals surface area contributed by atoms with E-state index in [-0.39, 0.29) is 25.6 Å². The molecule has 0 radical (unpaired) electrons. The first-order chi connectivity index (χ1) is 35.1. The largest absolute Gasteiger partial charge is 0.457 e. The van der Waals surface area contributed by atoms with Crippen LogP contribution < -0.4 is 0 Å². The molecule has 2 aliphatic rings. The molecule has 2 saturated heterocycles. The van der Waals surface area contributed by atoms with E-state index >= 15 is 0 Å². The summed E-state index contributed by atoms with van der Waals surface area (Å²) < 4.78 is 34.4. The van der Waals surface area contributed by atoms with E-state index in [1.54, 1.807) is 0 Å². The molecule has 0 aromatic rings.